The van der Waals surface area contributed by atoms with E-state index in [4.69, 9.17) is 0 Å². The third-order valence-electron chi connectivity index (χ3n) is 3.00. The van der Waals surface area contributed by atoms with Crippen LogP contribution in [0.3, 0.4) is 0 Å². The van der Waals surface area contributed by atoms with Gasteiger partial charge in [0.15, 0.2) is 0 Å². The number of aliphatic hydroxyl groups excluding tert-OH is 1. The van der Waals surface area contributed by atoms with Crippen molar-refractivity contribution in [3.05, 3.63) is 24.3 Å². The summed E-state index contributed by atoms with van der Waals surface area (Å²) in [6.45, 7) is 2.06. The van der Waals surface area contributed by atoms with E-state index in [1.54, 1.807) is 43.1 Å². The fourth-order valence-corrected chi connectivity index (χ4v) is 3.54. The number of anilines is 1. The van der Waals surface area contributed by atoms with Crippen LogP contribution in [-0.2, 0) is 10.0 Å². The van der Waals surface area contributed by atoms with E-state index < -0.39 is 16.1 Å². The van der Waals surface area contributed by atoms with Crippen molar-refractivity contribution in [2.45, 2.75) is 36.8 Å². The van der Waals surface area contributed by atoms with Crippen molar-refractivity contribution in [1.82, 2.24) is 4.72 Å². The largest absolute Gasteiger partial charge is 0.392 e. The van der Waals surface area contributed by atoms with E-state index >= 15 is 0 Å². The van der Waals surface area contributed by atoms with Gasteiger partial charge in [0.2, 0.25) is 10.0 Å². The summed E-state index contributed by atoms with van der Waals surface area (Å²) in [5, 5.41) is 9.43. The zero-order chi connectivity index (χ0) is 14.0. The zero-order valence-corrected chi connectivity index (χ0v) is 12.0. The second kappa shape index (κ2) is 5.48. The summed E-state index contributed by atoms with van der Waals surface area (Å²) in [4.78, 5) is 2.02. The van der Waals surface area contributed by atoms with Gasteiger partial charge in [0.25, 0.3) is 0 Å². The number of rotatable bonds is 6. The first-order chi connectivity index (χ1) is 8.90. The second-order valence-electron chi connectivity index (χ2n) is 5.09. The first-order valence-electron chi connectivity index (χ1n) is 6.40. The molecule has 1 atom stereocenters. The Bertz CT molecular complexity index is 539. The number of nitrogens with zero attached hydrogens (tertiary/aromatic N) is 1. The fraction of sp³-hybridized carbons (Fsp3) is 0.538. The maximum absolute atomic E-state index is 12.3. The van der Waals surface area contributed by atoms with Crippen molar-refractivity contribution in [2.24, 2.45) is 0 Å². The number of sulfonamides is 1. The highest BCUT2D eigenvalue weighted by Gasteiger charge is 2.29. The molecule has 1 aromatic rings. The molecule has 0 heterocycles. The monoisotopic (exact) mass is 284 g/mol. The third kappa shape index (κ3) is 3.68. The van der Waals surface area contributed by atoms with Crippen LogP contribution < -0.4 is 9.62 Å². The molecule has 0 spiro atoms. The molecule has 5 nitrogen and oxygen atoms in total. The summed E-state index contributed by atoms with van der Waals surface area (Å²) in [6, 6.07) is 6.94. The van der Waals surface area contributed by atoms with E-state index in [0.717, 1.165) is 12.8 Å². The van der Waals surface area contributed by atoms with Crippen LogP contribution >= 0.6 is 0 Å². The first-order valence-corrected chi connectivity index (χ1v) is 7.89. The number of likely N-dealkylation sites (N-methyl/N-ethyl adjacent to an activating group) is 1. The van der Waals surface area contributed by atoms with Gasteiger partial charge in [0.1, 0.15) is 4.90 Å². The van der Waals surface area contributed by atoms with Crippen LogP contribution in [-0.4, -0.2) is 39.3 Å². The lowest BCUT2D eigenvalue weighted by atomic mass is 10.2. The number of hydrogen-bond acceptors (Lipinski definition) is 4. The minimum atomic E-state index is -3.48. The van der Waals surface area contributed by atoms with Crippen molar-refractivity contribution >= 4 is 15.7 Å². The van der Waals surface area contributed by atoms with Crippen LogP contribution in [0.5, 0.6) is 0 Å². The number of nitrogens with one attached hydrogen (secondary N) is 1. The molecule has 1 aliphatic rings. The normalized spacial score (nSPS) is 17.2. The predicted molar refractivity (Wildman–Crippen MR) is 74.7 cm³/mol. The minimum absolute atomic E-state index is 0.0835. The van der Waals surface area contributed by atoms with Crippen LogP contribution in [0.2, 0.25) is 0 Å². The van der Waals surface area contributed by atoms with Crippen molar-refractivity contribution in [3.8, 4) is 0 Å². The molecule has 6 heteroatoms. The molecule has 1 unspecified atom stereocenters. The Kier molecular flexibility index (Phi) is 4.13. The lowest BCUT2D eigenvalue weighted by molar-refractivity contribution is 0.201. The van der Waals surface area contributed by atoms with Crippen molar-refractivity contribution in [3.63, 3.8) is 0 Å². The molecule has 1 fully saturated rings. The predicted octanol–water partition coefficient (Wildman–Crippen LogP) is 0.944. The summed E-state index contributed by atoms with van der Waals surface area (Å²) in [5.41, 5.74) is 0.608. The van der Waals surface area contributed by atoms with Gasteiger partial charge in [-0.15, -0.1) is 0 Å². The molecular formula is C13H20N2O3S. The maximum atomic E-state index is 12.3. The molecule has 0 radical (unpaired) electrons. The molecule has 1 aromatic carbocycles. The summed E-state index contributed by atoms with van der Waals surface area (Å²) in [5.74, 6) is 0. The Labute approximate surface area is 114 Å². The third-order valence-corrected chi connectivity index (χ3v) is 4.57. The van der Waals surface area contributed by atoms with E-state index in [-0.39, 0.29) is 10.9 Å². The van der Waals surface area contributed by atoms with Gasteiger partial charge in [-0.2, -0.15) is 0 Å². The SMILES string of the molecule is CC(O)CN(C)c1ccccc1S(=O)(=O)NC1CC1. The highest BCUT2D eigenvalue weighted by molar-refractivity contribution is 7.89. The number of aliphatic hydroxyl groups is 1. The molecule has 0 aromatic heterocycles. The first kappa shape index (κ1) is 14.3. The molecule has 0 bridgehead atoms. The molecule has 1 saturated carbocycles. The maximum Gasteiger partial charge on any atom is 0.242 e. The van der Waals surface area contributed by atoms with Gasteiger partial charge in [-0.05, 0) is 31.9 Å². The Morgan fingerprint density at radius 2 is 2.05 bits per heavy atom. The summed E-state index contributed by atoms with van der Waals surface area (Å²) >= 11 is 0. The smallest absolute Gasteiger partial charge is 0.242 e. The Balaban J connectivity index is 2.29. The number of hydrogen-bond donors (Lipinski definition) is 2. The van der Waals surface area contributed by atoms with E-state index in [2.05, 4.69) is 4.72 Å². The molecule has 0 saturated heterocycles. The molecular weight excluding hydrogens is 264 g/mol. The second-order valence-corrected chi connectivity index (χ2v) is 6.78. The lowest BCUT2D eigenvalue weighted by Crippen LogP contribution is -2.31. The highest BCUT2D eigenvalue weighted by atomic mass is 32.2. The molecule has 0 amide bonds. The van der Waals surface area contributed by atoms with E-state index in [1.807, 2.05) is 0 Å². The van der Waals surface area contributed by atoms with Crippen molar-refractivity contribution < 1.29 is 13.5 Å². The van der Waals surface area contributed by atoms with Gasteiger partial charge in [-0.1, -0.05) is 12.1 Å². The topological polar surface area (TPSA) is 69.6 Å². The van der Waals surface area contributed by atoms with Gasteiger partial charge < -0.3 is 10.0 Å². The molecule has 19 heavy (non-hydrogen) atoms. The van der Waals surface area contributed by atoms with Gasteiger partial charge in [-0.25, -0.2) is 13.1 Å². The number of para-hydroxylation sites is 1. The molecule has 2 N–H and O–H groups in total. The average Bonchev–Trinajstić information content (AvgIpc) is 3.11. The Morgan fingerprint density at radius 1 is 1.42 bits per heavy atom. The van der Waals surface area contributed by atoms with E-state index in [1.165, 1.54) is 0 Å². The molecule has 2 rings (SSSR count). The van der Waals surface area contributed by atoms with Crippen molar-refractivity contribution in [2.75, 3.05) is 18.5 Å². The van der Waals surface area contributed by atoms with Crippen molar-refractivity contribution in [1.29, 1.82) is 0 Å². The average molecular weight is 284 g/mol. The zero-order valence-electron chi connectivity index (χ0n) is 11.2. The molecule has 1 aliphatic carbocycles. The number of benzene rings is 1. The Hall–Kier alpha value is -1.11. The standard InChI is InChI=1S/C13H20N2O3S/c1-10(16)9-15(2)12-5-3-4-6-13(12)19(17,18)14-11-7-8-11/h3-6,10-11,14,16H,7-9H2,1-2H3. The lowest BCUT2D eigenvalue weighted by Gasteiger charge is -2.23. The van der Waals surface area contributed by atoms with Gasteiger partial charge in [-0.3, -0.25) is 0 Å². The summed E-state index contributed by atoms with van der Waals surface area (Å²) in [7, 11) is -1.71. The molecule has 0 aliphatic heterocycles. The van der Waals surface area contributed by atoms with E-state index in [0.29, 0.717) is 12.2 Å². The van der Waals surface area contributed by atoms with Gasteiger partial charge in [0, 0.05) is 19.6 Å². The van der Waals surface area contributed by atoms with Crippen LogP contribution in [0.25, 0.3) is 0 Å². The van der Waals surface area contributed by atoms with Crippen LogP contribution in [0.1, 0.15) is 19.8 Å². The van der Waals surface area contributed by atoms with Crippen LogP contribution in [0, 0.1) is 0 Å². The van der Waals surface area contributed by atoms with Crippen LogP contribution in [0.15, 0.2) is 29.2 Å². The highest BCUT2D eigenvalue weighted by Crippen LogP contribution is 2.27. The van der Waals surface area contributed by atoms with E-state index in [9.17, 15) is 13.5 Å². The fourth-order valence-electron chi connectivity index (χ4n) is 1.98. The van der Waals surface area contributed by atoms with Crippen LogP contribution in [0.4, 0.5) is 5.69 Å². The summed E-state index contributed by atoms with van der Waals surface area (Å²) in [6.07, 6.45) is 1.30. The minimum Gasteiger partial charge on any atom is -0.392 e. The molecule has 106 valence electrons. The van der Waals surface area contributed by atoms with Gasteiger partial charge >= 0.3 is 0 Å². The summed E-state index contributed by atoms with van der Waals surface area (Å²) < 4.78 is 27.3. The quantitative estimate of drug-likeness (QED) is 0.816. The van der Waals surface area contributed by atoms with Gasteiger partial charge in [0.05, 0.1) is 11.8 Å². The Morgan fingerprint density at radius 3 is 2.63 bits per heavy atom.